The molecule has 0 bridgehead atoms. The van der Waals surface area contributed by atoms with Crippen molar-refractivity contribution in [3.8, 4) is 0 Å². The van der Waals surface area contributed by atoms with Crippen molar-refractivity contribution < 1.29 is 0 Å². The van der Waals surface area contributed by atoms with Gasteiger partial charge in [0.15, 0.2) is 0 Å². The Morgan fingerprint density at radius 2 is 2.29 bits per heavy atom. The topological polar surface area (TPSA) is 15.3 Å². The van der Waals surface area contributed by atoms with Crippen LogP contribution in [0.1, 0.15) is 12.5 Å². The molecule has 1 heterocycles. The van der Waals surface area contributed by atoms with Crippen LogP contribution in [0.5, 0.6) is 0 Å². The van der Waals surface area contributed by atoms with Crippen LogP contribution in [0, 0.1) is 0 Å². The van der Waals surface area contributed by atoms with E-state index >= 15 is 0 Å². The van der Waals surface area contributed by atoms with Crippen LogP contribution in [0.2, 0.25) is 5.02 Å². The third-order valence-corrected chi connectivity index (χ3v) is 3.88. The van der Waals surface area contributed by atoms with Crippen LogP contribution in [-0.4, -0.2) is 30.6 Å². The molecule has 0 radical (unpaired) electrons. The molecule has 0 aromatic heterocycles. The van der Waals surface area contributed by atoms with Crippen LogP contribution in [-0.2, 0) is 6.54 Å². The number of nitrogens with zero attached hydrogens (tertiary/aromatic N) is 1. The fourth-order valence-corrected chi connectivity index (χ4v) is 2.59. The highest BCUT2D eigenvalue weighted by Crippen LogP contribution is 2.23. The van der Waals surface area contributed by atoms with Crippen LogP contribution in [0.15, 0.2) is 22.7 Å². The Morgan fingerprint density at radius 3 is 3.00 bits per heavy atom. The average molecular weight is 340 g/mol. The number of halogens is 3. The van der Waals surface area contributed by atoms with E-state index in [1.165, 1.54) is 5.56 Å². The van der Waals surface area contributed by atoms with Gasteiger partial charge >= 0.3 is 0 Å². The SMILES string of the molecule is C[C@@H]1CNCCN1Cc1cc(Br)ccc1Cl.Cl. The maximum absolute atomic E-state index is 6.20. The number of hydrogen-bond acceptors (Lipinski definition) is 2. The highest BCUT2D eigenvalue weighted by Gasteiger charge is 2.18. The lowest BCUT2D eigenvalue weighted by Gasteiger charge is -2.34. The van der Waals surface area contributed by atoms with E-state index in [0.717, 1.165) is 35.7 Å². The van der Waals surface area contributed by atoms with E-state index in [1.807, 2.05) is 12.1 Å². The molecule has 5 heteroatoms. The zero-order chi connectivity index (χ0) is 11.5. The zero-order valence-electron chi connectivity index (χ0n) is 9.75. The smallest absolute Gasteiger partial charge is 0.0451 e. The molecule has 0 amide bonds. The van der Waals surface area contributed by atoms with Crippen LogP contribution < -0.4 is 5.32 Å². The Balaban J connectivity index is 0.00000144. The highest BCUT2D eigenvalue weighted by molar-refractivity contribution is 9.10. The van der Waals surface area contributed by atoms with Gasteiger partial charge in [0, 0.05) is 41.7 Å². The molecule has 0 aliphatic carbocycles. The van der Waals surface area contributed by atoms with Crippen LogP contribution in [0.25, 0.3) is 0 Å². The minimum absolute atomic E-state index is 0. The molecule has 2 nitrogen and oxygen atoms in total. The summed E-state index contributed by atoms with van der Waals surface area (Å²) < 4.78 is 1.09. The van der Waals surface area contributed by atoms with Gasteiger partial charge in [0.2, 0.25) is 0 Å². The largest absolute Gasteiger partial charge is 0.314 e. The Bertz CT molecular complexity index is 374. The Labute approximate surface area is 122 Å². The van der Waals surface area contributed by atoms with E-state index in [9.17, 15) is 0 Å². The first-order valence-electron chi connectivity index (χ1n) is 5.55. The summed E-state index contributed by atoms with van der Waals surface area (Å²) in [4.78, 5) is 2.46. The molecule has 0 unspecified atom stereocenters. The van der Waals surface area contributed by atoms with E-state index in [-0.39, 0.29) is 12.4 Å². The van der Waals surface area contributed by atoms with Gasteiger partial charge in [-0.15, -0.1) is 12.4 Å². The van der Waals surface area contributed by atoms with Crippen molar-refractivity contribution >= 4 is 39.9 Å². The molecule has 1 aromatic rings. The lowest BCUT2D eigenvalue weighted by atomic mass is 10.1. The summed E-state index contributed by atoms with van der Waals surface area (Å²) in [6.07, 6.45) is 0. The Kier molecular flexibility index (Phi) is 6.24. The fraction of sp³-hybridized carbons (Fsp3) is 0.500. The van der Waals surface area contributed by atoms with E-state index in [4.69, 9.17) is 11.6 Å². The van der Waals surface area contributed by atoms with Crippen molar-refractivity contribution in [1.82, 2.24) is 10.2 Å². The summed E-state index contributed by atoms with van der Waals surface area (Å²) in [6, 6.07) is 6.61. The summed E-state index contributed by atoms with van der Waals surface area (Å²) in [5, 5.41) is 4.25. The average Bonchev–Trinajstić information content (AvgIpc) is 2.27. The van der Waals surface area contributed by atoms with Crippen molar-refractivity contribution in [2.75, 3.05) is 19.6 Å². The first-order chi connectivity index (χ1) is 7.66. The van der Waals surface area contributed by atoms with Crippen LogP contribution >= 0.6 is 39.9 Å². The molecular formula is C12H17BrCl2N2. The van der Waals surface area contributed by atoms with Gasteiger partial charge in [0.1, 0.15) is 0 Å². The van der Waals surface area contributed by atoms with E-state index < -0.39 is 0 Å². The molecule has 17 heavy (non-hydrogen) atoms. The van der Waals surface area contributed by atoms with Crippen molar-refractivity contribution in [2.45, 2.75) is 19.5 Å². The van der Waals surface area contributed by atoms with Gasteiger partial charge in [-0.2, -0.15) is 0 Å². The maximum atomic E-state index is 6.20. The van der Waals surface area contributed by atoms with Crippen LogP contribution in [0.4, 0.5) is 0 Å². The first kappa shape index (κ1) is 15.3. The molecule has 1 aliphatic rings. The summed E-state index contributed by atoms with van der Waals surface area (Å²) in [5.74, 6) is 0. The fourth-order valence-electron chi connectivity index (χ4n) is 2.00. The predicted octanol–water partition coefficient (Wildman–Crippen LogP) is 3.32. The molecule has 1 fully saturated rings. The molecule has 0 saturated carbocycles. The predicted molar refractivity (Wildman–Crippen MR) is 79.1 cm³/mol. The molecular weight excluding hydrogens is 323 g/mol. The summed E-state index contributed by atoms with van der Waals surface area (Å²) >= 11 is 9.69. The normalized spacial score (nSPS) is 21.0. The quantitative estimate of drug-likeness (QED) is 0.889. The Morgan fingerprint density at radius 1 is 1.53 bits per heavy atom. The number of hydrogen-bond donors (Lipinski definition) is 1. The molecule has 0 spiro atoms. The third kappa shape index (κ3) is 4.11. The van der Waals surface area contributed by atoms with Crippen LogP contribution in [0.3, 0.4) is 0 Å². The standard InChI is InChI=1S/C12H16BrClN2.ClH/c1-9-7-15-4-5-16(9)8-10-6-11(13)2-3-12(10)14;/h2-3,6,9,15H,4-5,7-8H2,1H3;1H/t9-;/m1./s1. The van der Waals surface area contributed by atoms with Gasteiger partial charge in [-0.3, -0.25) is 4.90 Å². The molecule has 1 atom stereocenters. The van der Waals surface area contributed by atoms with E-state index in [2.05, 4.69) is 39.1 Å². The van der Waals surface area contributed by atoms with Crippen molar-refractivity contribution in [2.24, 2.45) is 0 Å². The van der Waals surface area contributed by atoms with Gasteiger partial charge in [-0.25, -0.2) is 0 Å². The molecule has 1 saturated heterocycles. The minimum atomic E-state index is 0. The second kappa shape index (κ2) is 6.95. The van der Waals surface area contributed by atoms with Crippen molar-refractivity contribution in [1.29, 1.82) is 0 Å². The van der Waals surface area contributed by atoms with Crippen molar-refractivity contribution in [3.63, 3.8) is 0 Å². The summed E-state index contributed by atoms with van der Waals surface area (Å²) in [6.45, 7) is 6.39. The molecule has 1 aliphatic heterocycles. The lowest BCUT2D eigenvalue weighted by molar-refractivity contribution is 0.165. The monoisotopic (exact) mass is 338 g/mol. The Hall–Kier alpha value is 0.200. The van der Waals surface area contributed by atoms with Gasteiger partial charge in [-0.05, 0) is 30.7 Å². The molecule has 96 valence electrons. The van der Waals surface area contributed by atoms with Crippen molar-refractivity contribution in [3.05, 3.63) is 33.3 Å². The highest BCUT2D eigenvalue weighted by atomic mass is 79.9. The van der Waals surface area contributed by atoms with Gasteiger partial charge in [-0.1, -0.05) is 27.5 Å². The molecule has 2 rings (SSSR count). The molecule has 1 aromatic carbocycles. The summed E-state index contributed by atoms with van der Waals surface area (Å²) in [7, 11) is 0. The number of piperazine rings is 1. The lowest BCUT2D eigenvalue weighted by Crippen LogP contribution is -2.49. The van der Waals surface area contributed by atoms with E-state index in [1.54, 1.807) is 0 Å². The third-order valence-electron chi connectivity index (χ3n) is 3.02. The second-order valence-corrected chi connectivity index (χ2v) is 5.58. The number of benzene rings is 1. The van der Waals surface area contributed by atoms with Gasteiger partial charge < -0.3 is 5.32 Å². The molecule has 1 N–H and O–H groups in total. The summed E-state index contributed by atoms with van der Waals surface area (Å²) in [5.41, 5.74) is 1.20. The van der Waals surface area contributed by atoms with E-state index in [0.29, 0.717) is 6.04 Å². The number of nitrogens with one attached hydrogen (secondary N) is 1. The number of rotatable bonds is 2. The zero-order valence-corrected chi connectivity index (χ0v) is 12.9. The first-order valence-corrected chi connectivity index (χ1v) is 6.72. The minimum Gasteiger partial charge on any atom is -0.314 e. The second-order valence-electron chi connectivity index (χ2n) is 4.26. The maximum Gasteiger partial charge on any atom is 0.0451 e. The van der Waals surface area contributed by atoms with Gasteiger partial charge in [0.05, 0.1) is 0 Å². The van der Waals surface area contributed by atoms with Gasteiger partial charge in [0.25, 0.3) is 0 Å².